The van der Waals surface area contributed by atoms with E-state index in [2.05, 4.69) is 25.8 Å². The normalized spacial score (nSPS) is 46.2. The number of rotatable bonds is 1. The minimum Gasteiger partial charge on any atom is -0.300 e. The highest BCUT2D eigenvalue weighted by atomic mass is 15.2. The third-order valence-electron chi connectivity index (χ3n) is 3.36. The second-order valence-corrected chi connectivity index (χ2v) is 4.29. The first-order valence-corrected chi connectivity index (χ1v) is 4.42. The lowest BCUT2D eigenvalue weighted by molar-refractivity contribution is 0.240. The number of hydrogen-bond acceptors (Lipinski definition) is 1. The van der Waals surface area contributed by atoms with Crippen molar-refractivity contribution in [1.29, 1.82) is 0 Å². The van der Waals surface area contributed by atoms with E-state index in [1.165, 1.54) is 12.8 Å². The van der Waals surface area contributed by atoms with E-state index in [0.717, 1.165) is 23.9 Å². The fourth-order valence-electron chi connectivity index (χ4n) is 2.83. The second kappa shape index (κ2) is 1.97. The Morgan fingerprint density at radius 2 is 1.90 bits per heavy atom. The Labute approximate surface area is 63.4 Å². The summed E-state index contributed by atoms with van der Waals surface area (Å²) in [7, 11) is 2.29. The van der Waals surface area contributed by atoms with Crippen LogP contribution in [0.2, 0.25) is 0 Å². The lowest BCUT2D eigenvalue weighted by Crippen LogP contribution is -2.30. The van der Waals surface area contributed by atoms with Gasteiger partial charge in [-0.1, -0.05) is 13.8 Å². The van der Waals surface area contributed by atoms with Crippen molar-refractivity contribution in [3.8, 4) is 0 Å². The summed E-state index contributed by atoms with van der Waals surface area (Å²) in [4.78, 5) is 2.59. The van der Waals surface area contributed by atoms with Gasteiger partial charge in [-0.25, -0.2) is 0 Å². The van der Waals surface area contributed by atoms with Crippen molar-refractivity contribution in [2.75, 3.05) is 7.05 Å². The molecule has 10 heavy (non-hydrogen) atoms. The van der Waals surface area contributed by atoms with Crippen LogP contribution in [-0.2, 0) is 0 Å². The van der Waals surface area contributed by atoms with Crippen LogP contribution in [0, 0.1) is 11.8 Å². The molecule has 0 unspecified atom stereocenters. The third kappa shape index (κ3) is 0.672. The number of hydrogen-bond donors (Lipinski definition) is 0. The molecule has 0 radical (unpaired) electrons. The molecule has 2 saturated heterocycles. The molecule has 2 heterocycles. The largest absolute Gasteiger partial charge is 0.300 e. The molecule has 0 N–H and O–H groups in total. The van der Waals surface area contributed by atoms with Gasteiger partial charge in [0.2, 0.25) is 0 Å². The molecule has 0 aromatic carbocycles. The van der Waals surface area contributed by atoms with Crippen LogP contribution in [0.15, 0.2) is 0 Å². The molecule has 3 aliphatic rings. The van der Waals surface area contributed by atoms with Crippen molar-refractivity contribution in [3.05, 3.63) is 0 Å². The SMILES string of the molecule is CC(C)[C@H]1C2CC(C2)N1C. The lowest BCUT2D eigenvalue weighted by atomic mass is 9.80. The summed E-state index contributed by atoms with van der Waals surface area (Å²) in [6.45, 7) is 4.70. The van der Waals surface area contributed by atoms with Gasteiger partial charge in [0.15, 0.2) is 0 Å². The van der Waals surface area contributed by atoms with Crippen molar-refractivity contribution >= 4 is 0 Å². The predicted molar refractivity (Wildman–Crippen MR) is 42.9 cm³/mol. The maximum Gasteiger partial charge on any atom is 0.0147 e. The molecular formula is C9H17N. The van der Waals surface area contributed by atoms with Crippen LogP contribution in [0.1, 0.15) is 26.7 Å². The molecule has 3 fully saturated rings. The summed E-state index contributed by atoms with van der Waals surface area (Å²) in [5, 5.41) is 0. The van der Waals surface area contributed by atoms with E-state index in [-0.39, 0.29) is 0 Å². The Hall–Kier alpha value is -0.0400. The zero-order valence-electron chi connectivity index (χ0n) is 7.17. The molecule has 2 aliphatic heterocycles. The quantitative estimate of drug-likeness (QED) is 0.535. The second-order valence-electron chi connectivity index (χ2n) is 4.29. The Bertz CT molecular complexity index is 136. The topological polar surface area (TPSA) is 3.24 Å². The van der Waals surface area contributed by atoms with Gasteiger partial charge < -0.3 is 0 Å². The minimum atomic E-state index is 0.863. The zero-order chi connectivity index (χ0) is 7.30. The summed E-state index contributed by atoms with van der Waals surface area (Å²) in [5.41, 5.74) is 0. The van der Waals surface area contributed by atoms with Crippen LogP contribution >= 0.6 is 0 Å². The van der Waals surface area contributed by atoms with Crippen molar-refractivity contribution in [3.63, 3.8) is 0 Å². The summed E-state index contributed by atoms with van der Waals surface area (Å²) in [6.07, 6.45) is 2.97. The first kappa shape index (κ1) is 6.66. The van der Waals surface area contributed by atoms with Crippen molar-refractivity contribution in [2.45, 2.75) is 38.8 Å². The van der Waals surface area contributed by atoms with E-state index in [1.807, 2.05) is 0 Å². The standard InChI is InChI=1S/C9H17N/c1-6(2)9-7-4-8(5-7)10(9)3/h6-9H,4-5H2,1-3H3/t7?,8?,9-/m0/s1. The molecule has 3 rings (SSSR count). The Morgan fingerprint density at radius 3 is 2.10 bits per heavy atom. The van der Waals surface area contributed by atoms with Crippen LogP contribution in [0.3, 0.4) is 0 Å². The van der Waals surface area contributed by atoms with E-state index in [0.29, 0.717) is 0 Å². The highest BCUT2D eigenvalue weighted by Gasteiger charge is 2.49. The zero-order valence-corrected chi connectivity index (χ0v) is 7.17. The first-order valence-electron chi connectivity index (χ1n) is 4.42. The predicted octanol–water partition coefficient (Wildman–Crippen LogP) is 1.74. The number of nitrogens with zero attached hydrogens (tertiary/aromatic N) is 1. The third-order valence-corrected chi connectivity index (χ3v) is 3.36. The average molecular weight is 139 g/mol. The van der Waals surface area contributed by atoms with Crippen LogP contribution in [0.25, 0.3) is 0 Å². The van der Waals surface area contributed by atoms with E-state index >= 15 is 0 Å². The van der Waals surface area contributed by atoms with E-state index < -0.39 is 0 Å². The highest BCUT2D eigenvalue weighted by molar-refractivity contribution is 5.03. The van der Waals surface area contributed by atoms with E-state index in [9.17, 15) is 0 Å². The molecule has 58 valence electrons. The average Bonchev–Trinajstić information content (AvgIpc) is 2.14. The molecule has 1 nitrogen and oxygen atoms in total. The molecular weight excluding hydrogens is 122 g/mol. The Morgan fingerprint density at radius 1 is 1.30 bits per heavy atom. The molecule has 0 spiro atoms. The van der Waals surface area contributed by atoms with Crippen LogP contribution in [0.5, 0.6) is 0 Å². The molecule has 0 amide bonds. The summed E-state index contributed by atoms with van der Waals surface area (Å²) < 4.78 is 0. The van der Waals surface area contributed by atoms with Crippen molar-refractivity contribution in [1.82, 2.24) is 4.90 Å². The van der Waals surface area contributed by atoms with Gasteiger partial charge in [0, 0.05) is 12.1 Å². The lowest BCUT2D eigenvalue weighted by Gasteiger charge is -2.23. The maximum absolute atomic E-state index is 2.59. The first-order chi connectivity index (χ1) is 4.70. The molecule has 0 aromatic rings. The summed E-state index contributed by atoms with van der Waals surface area (Å²) in [5.74, 6) is 1.91. The Kier molecular flexibility index (Phi) is 1.31. The van der Waals surface area contributed by atoms with Gasteiger partial charge in [-0.3, -0.25) is 4.90 Å². The smallest absolute Gasteiger partial charge is 0.0147 e. The Balaban J connectivity index is 2.09. The molecule has 1 atom stereocenters. The molecule has 0 aromatic heterocycles. The minimum absolute atomic E-state index is 0.863. The van der Waals surface area contributed by atoms with Gasteiger partial charge in [-0.2, -0.15) is 0 Å². The number of fused-ring (bicyclic) bond motifs is 1. The molecule has 1 saturated carbocycles. The van der Waals surface area contributed by atoms with Crippen LogP contribution in [0.4, 0.5) is 0 Å². The summed E-state index contributed by atoms with van der Waals surface area (Å²) >= 11 is 0. The van der Waals surface area contributed by atoms with Gasteiger partial charge in [-0.05, 0) is 31.7 Å². The fourth-order valence-corrected chi connectivity index (χ4v) is 2.83. The van der Waals surface area contributed by atoms with Gasteiger partial charge in [0.25, 0.3) is 0 Å². The van der Waals surface area contributed by atoms with Gasteiger partial charge in [0.05, 0.1) is 0 Å². The monoisotopic (exact) mass is 139 g/mol. The van der Waals surface area contributed by atoms with Gasteiger partial charge in [-0.15, -0.1) is 0 Å². The van der Waals surface area contributed by atoms with Crippen LogP contribution < -0.4 is 0 Å². The molecule has 2 bridgehead atoms. The van der Waals surface area contributed by atoms with E-state index in [4.69, 9.17) is 0 Å². The van der Waals surface area contributed by atoms with E-state index in [1.54, 1.807) is 0 Å². The van der Waals surface area contributed by atoms with Crippen LogP contribution in [-0.4, -0.2) is 24.0 Å². The van der Waals surface area contributed by atoms with Gasteiger partial charge in [0.1, 0.15) is 0 Å². The van der Waals surface area contributed by atoms with Crippen molar-refractivity contribution < 1.29 is 0 Å². The maximum atomic E-state index is 2.59. The highest BCUT2D eigenvalue weighted by Crippen LogP contribution is 2.47. The molecule has 1 aliphatic carbocycles. The van der Waals surface area contributed by atoms with Crippen molar-refractivity contribution in [2.24, 2.45) is 11.8 Å². The summed E-state index contributed by atoms with van der Waals surface area (Å²) in [6, 6.07) is 1.86. The molecule has 1 heteroatoms. The van der Waals surface area contributed by atoms with Gasteiger partial charge >= 0.3 is 0 Å². The fraction of sp³-hybridized carbons (Fsp3) is 1.00.